The van der Waals surface area contributed by atoms with Crippen LogP contribution in [0.1, 0.15) is 58.2 Å². The van der Waals surface area contributed by atoms with Crippen molar-refractivity contribution in [2.45, 2.75) is 58.8 Å². The molecule has 1 unspecified atom stereocenters. The summed E-state index contributed by atoms with van der Waals surface area (Å²) in [6, 6.07) is 13.3. The van der Waals surface area contributed by atoms with E-state index in [0.717, 1.165) is 31.5 Å². The van der Waals surface area contributed by atoms with Crippen molar-refractivity contribution in [1.82, 2.24) is 4.98 Å². The van der Waals surface area contributed by atoms with E-state index in [4.69, 9.17) is 4.42 Å². The molecule has 1 atom stereocenters. The van der Waals surface area contributed by atoms with Gasteiger partial charge >= 0.3 is 0 Å². The number of hydrogen-bond donors (Lipinski definition) is 1. The average Bonchev–Trinajstić information content (AvgIpc) is 3.35. The minimum Gasteiger partial charge on any atom is -0.451 e. The third kappa shape index (κ3) is 7.40. The quantitative estimate of drug-likeness (QED) is 0.207. The first kappa shape index (κ1) is 26.4. The van der Waals surface area contributed by atoms with E-state index < -0.39 is 0 Å². The number of nitrogens with zero attached hydrogens (tertiary/aromatic N) is 1. The first-order valence-electron chi connectivity index (χ1n) is 12.8. The maximum absolute atomic E-state index is 5.36. The number of aromatic nitrogens is 1. The fourth-order valence-electron chi connectivity index (χ4n) is 4.71. The summed E-state index contributed by atoms with van der Waals surface area (Å²) in [4.78, 5) is 4.50. The van der Waals surface area contributed by atoms with Crippen LogP contribution in [0.25, 0.3) is 10.8 Å². The topological polar surface area (TPSA) is 42.6 Å². The van der Waals surface area contributed by atoms with Gasteiger partial charge in [-0.2, -0.15) is 0 Å². The molecule has 0 aliphatic rings. The highest BCUT2D eigenvalue weighted by Crippen LogP contribution is 2.40. The molecule has 2 N–H and O–H groups in total. The van der Waals surface area contributed by atoms with Crippen LogP contribution in [0.15, 0.2) is 102 Å². The summed E-state index contributed by atoms with van der Waals surface area (Å²) >= 11 is 0. The second kappa shape index (κ2) is 13.1. The molecule has 0 spiro atoms. The molecule has 3 heteroatoms. The van der Waals surface area contributed by atoms with Crippen molar-refractivity contribution in [2.24, 2.45) is 5.92 Å². The zero-order chi connectivity index (χ0) is 25.1. The molecule has 0 aliphatic heterocycles. The Morgan fingerprint density at radius 2 is 2.00 bits per heavy atom. The molecule has 0 amide bonds. The summed E-state index contributed by atoms with van der Waals surface area (Å²) in [5.74, 6) is 0.689. The predicted octanol–water partition coefficient (Wildman–Crippen LogP) is 7.59. The second-order valence-electron chi connectivity index (χ2n) is 9.97. The first-order chi connectivity index (χ1) is 17.0. The molecule has 3 rings (SSSR count). The van der Waals surface area contributed by atoms with E-state index in [1.54, 1.807) is 12.3 Å². The molecule has 0 saturated heterocycles. The number of nitrogens with two attached hydrogens (primary N) is 1. The number of rotatable bonds is 13. The molecule has 0 saturated carbocycles. The lowest BCUT2D eigenvalue weighted by Crippen LogP contribution is -2.78. The van der Waals surface area contributed by atoms with Gasteiger partial charge in [-0.05, 0) is 53.7 Å². The van der Waals surface area contributed by atoms with E-state index in [0.29, 0.717) is 5.92 Å². The molecular weight excluding hydrogens is 428 g/mol. The largest absolute Gasteiger partial charge is 0.451 e. The van der Waals surface area contributed by atoms with Crippen molar-refractivity contribution < 1.29 is 9.73 Å². The Labute approximate surface area is 211 Å². The molecule has 0 aliphatic carbocycles. The highest BCUT2D eigenvalue weighted by molar-refractivity contribution is 5.89. The van der Waals surface area contributed by atoms with Crippen molar-refractivity contribution in [1.29, 1.82) is 0 Å². The Bertz CT molecular complexity index is 1170. The lowest BCUT2D eigenvalue weighted by atomic mass is 9.73. The van der Waals surface area contributed by atoms with Crippen molar-refractivity contribution in [3.63, 3.8) is 0 Å². The fourth-order valence-corrected chi connectivity index (χ4v) is 4.71. The predicted molar refractivity (Wildman–Crippen MR) is 149 cm³/mol. The maximum atomic E-state index is 5.36. The molecule has 3 nitrogen and oxygen atoms in total. The summed E-state index contributed by atoms with van der Waals surface area (Å²) in [5.41, 5.74) is 4.88. The van der Waals surface area contributed by atoms with Gasteiger partial charge in [0.15, 0.2) is 6.39 Å². The number of oxazole rings is 1. The average molecular weight is 470 g/mol. The van der Waals surface area contributed by atoms with E-state index in [-0.39, 0.29) is 5.41 Å². The van der Waals surface area contributed by atoms with Crippen LogP contribution in [0.2, 0.25) is 0 Å². The SMILES string of the molecule is C=C\C=C/C=C(/C=C/CC(C)(Cc1cocn1)c1c([NH2+]CCC(C)C)ccc2ccccc12)CC. The Kier molecular flexibility index (Phi) is 9.86. The first-order valence-corrected chi connectivity index (χ1v) is 12.8. The number of benzene rings is 2. The number of fused-ring (bicyclic) bond motifs is 1. The number of quaternary nitrogens is 1. The van der Waals surface area contributed by atoms with Gasteiger partial charge < -0.3 is 9.73 Å². The van der Waals surface area contributed by atoms with Gasteiger partial charge in [-0.3, -0.25) is 0 Å². The van der Waals surface area contributed by atoms with E-state index in [2.05, 4.69) is 105 Å². The van der Waals surface area contributed by atoms with Crippen molar-refractivity contribution in [2.75, 3.05) is 6.54 Å². The fraction of sp³-hybridized carbons (Fsp3) is 0.344. The summed E-state index contributed by atoms with van der Waals surface area (Å²) in [6.07, 6.45) is 19.8. The van der Waals surface area contributed by atoms with Crippen LogP contribution in [0.4, 0.5) is 5.69 Å². The lowest BCUT2D eigenvalue weighted by molar-refractivity contribution is -0.573. The monoisotopic (exact) mass is 469 g/mol. The molecule has 1 aromatic heterocycles. The van der Waals surface area contributed by atoms with Gasteiger partial charge in [-0.1, -0.05) is 95.0 Å². The smallest absolute Gasteiger partial charge is 0.180 e. The highest BCUT2D eigenvalue weighted by Gasteiger charge is 2.33. The zero-order valence-electron chi connectivity index (χ0n) is 21.8. The van der Waals surface area contributed by atoms with Gasteiger partial charge in [-0.25, -0.2) is 4.98 Å². The molecule has 184 valence electrons. The number of hydrogen-bond acceptors (Lipinski definition) is 2. The maximum Gasteiger partial charge on any atom is 0.180 e. The minimum atomic E-state index is -0.145. The van der Waals surface area contributed by atoms with Crippen molar-refractivity contribution >= 4 is 16.5 Å². The molecule has 0 radical (unpaired) electrons. The molecule has 1 heterocycles. The summed E-state index contributed by atoms with van der Waals surface area (Å²) in [6.45, 7) is 14.0. The second-order valence-corrected chi connectivity index (χ2v) is 9.97. The van der Waals surface area contributed by atoms with E-state index in [1.165, 1.54) is 40.4 Å². The Hall–Kier alpha value is -3.17. The van der Waals surface area contributed by atoms with Crippen LogP contribution in [0.5, 0.6) is 0 Å². The van der Waals surface area contributed by atoms with Crippen LogP contribution in [-0.4, -0.2) is 11.5 Å². The minimum absolute atomic E-state index is 0.145. The van der Waals surface area contributed by atoms with Gasteiger partial charge in [0.25, 0.3) is 0 Å². The summed E-state index contributed by atoms with van der Waals surface area (Å²) < 4.78 is 5.36. The molecule has 0 fully saturated rings. The third-order valence-corrected chi connectivity index (χ3v) is 6.59. The molecule has 2 aromatic carbocycles. The Balaban J connectivity index is 2.06. The van der Waals surface area contributed by atoms with Crippen molar-refractivity contribution in [3.8, 4) is 0 Å². The molecule has 35 heavy (non-hydrogen) atoms. The third-order valence-electron chi connectivity index (χ3n) is 6.59. The van der Waals surface area contributed by atoms with Gasteiger partial charge in [0.2, 0.25) is 0 Å². The van der Waals surface area contributed by atoms with Crippen LogP contribution in [0.3, 0.4) is 0 Å². The normalized spacial score (nSPS) is 14.4. The lowest BCUT2D eigenvalue weighted by Gasteiger charge is -2.31. The van der Waals surface area contributed by atoms with E-state index in [9.17, 15) is 0 Å². The molecular formula is C32H41N2O+. The standard InChI is InChI=1S/C32H40N2O/c1-6-8-9-13-26(7-2)14-12-20-32(5,22-28-23-35-24-34-28)31-29-16-11-10-15-27(29)17-18-30(31)33-21-19-25(3)4/h6,8-18,23-25,33H,1,7,19-22H2,2-5H3/p+1/b9-8-,14-12+,26-13+. The highest BCUT2D eigenvalue weighted by atomic mass is 16.3. The van der Waals surface area contributed by atoms with Gasteiger partial charge in [-0.15, -0.1) is 0 Å². The van der Waals surface area contributed by atoms with E-state index in [1.807, 2.05) is 6.08 Å². The number of allylic oxidation sites excluding steroid dienone is 7. The Morgan fingerprint density at radius 3 is 2.71 bits per heavy atom. The van der Waals surface area contributed by atoms with Crippen LogP contribution in [-0.2, 0) is 11.8 Å². The summed E-state index contributed by atoms with van der Waals surface area (Å²) in [7, 11) is 0. The van der Waals surface area contributed by atoms with Crippen LogP contribution >= 0.6 is 0 Å². The van der Waals surface area contributed by atoms with Gasteiger partial charge in [0.05, 0.1) is 12.2 Å². The van der Waals surface area contributed by atoms with E-state index >= 15 is 0 Å². The van der Waals surface area contributed by atoms with Gasteiger partial charge in [0, 0.05) is 17.4 Å². The summed E-state index contributed by atoms with van der Waals surface area (Å²) in [5, 5.41) is 5.04. The van der Waals surface area contributed by atoms with Crippen LogP contribution in [0, 0.1) is 5.92 Å². The molecule has 3 aromatic rings. The Morgan fingerprint density at radius 1 is 1.17 bits per heavy atom. The zero-order valence-corrected chi connectivity index (χ0v) is 21.8. The van der Waals surface area contributed by atoms with Gasteiger partial charge in [0.1, 0.15) is 12.0 Å². The van der Waals surface area contributed by atoms with Crippen LogP contribution < -0.4 is 5.32 Å². The van der Waals surface area contributed by atoms with Crippen molar-refractivity contribution in [3.05, 3.63) is 109 Å². The molecule has 0 bridgehead atoms.